The summed E-state index contributed by atoms with van der Waals surface area (Å²) in [6, 6.07) is -1.20. The van der Waals surface area contributed by atoms with E-state index in [0.717, 1.165) is 17.9 Å². The van der Waals surface area contributed by atoms with E-state index in [4.69, 9.17) is 19.4 Å². The Kier molecular flexibility index (Phi) is 20.1. The van der Waals surface area contributed by atoms with Gasteiger partial charge in [0.15, 0.2) is 0 Å². The Morgan fingerprint density at radius 3 is 1.46 bits per heavy atom. The number of hydroxylamine groups is 2. The molecule has 2 fully saturated rings. The SMILES string of the molecule is C.C.CC(C)(C)OC(=O)N1CCC[C@H]1C(=O)O.CON(C)C(=O)[C@@H]1CCCN1C(=O)OC(C)(C)C.S.S. The van der Waals surface area contributed by atoms with Gasteiger partial charge in [-0.15, -0.1) is 0 Å². The van der Waals surface area contributed by atoms with Crippen LogP contribution in [-0.4, -0.2) is 94.6 Å². The van der Waals surface area contributed by atoms with Gasteiger partial charge in [0.1, 0.15) is 23.3 Å². The number of likely N-dealkylation sites (tertiary alicyclic amines) is 2. The van der Waals surface area contributed by atoms with E-state index >= 15 is 0 Å². The summed E-state index contributed by atoms with van der Waals surface area (Å²) in [6.45, 7) is 11.7. The first kappa shape index (κ1) is 42.2. The number of nitrogens with zero attached hydrogens (tertiary/aromatic N) is 3. The number of aliphatic carboxylic acids is 1. The minimum atomic E-state index is -0.960. The highest BCUT2D eigenvalue weighted by molar-refractivity contribution is 7.59. The second-order valence-electron chi connectivity index (χ2n) is 10.0. The topological polar surface area (TPSA) is 126 Å². The molecule has 0 radical (unpaired) electrons. The van der Waals surface area contributed by atoms with Gasteiger partial charge in [-0.2, -0.15) is 27.0 Å². The van der Waals surface area contributed by atoms with Crippen LogP contribution in [-0.2, 0) is 23.9 Å². The van der Waals surface area contributed by atoms with E-state index in [-0.39, 0.29) is 47.8 Å². The van der Waals surface area contributed by atoms with Gasteiger partial charge in [0.25, 0.3) is 5.91 Å². The minimum Gasteiger partial charge on any atom is -0.480 e. The molecule has 0 spiro atoms. The lowest BCUT2D eigenvalue weighted by atomic mass is 10.2. The predicted molar refractivity (Wildman–Crippen MR) is 154 cm³/mol. The normalized spacial score (nSPS) is 18.4. The highest BCUT2D eigenvalue weighted by atomic mass is 32.1. The molecule has 0 aromatic heterocycles. The third-order valence-electron chi connectivity index (χ3n) is 4.92. The second-order valence-corrected chi connectivity index (χ2v) is 10.0. The van der Waals surface area contributed by atoms with Gasteiger partial charge in [-0.3, -0.25) is 19.4 Å². The molecule has 0 saturated carbocycles. The predicted octanol–water partition coefficient (Wildman–Crippen LogP) is 4.37. The van der Waals surface area contributed by atoms with Crippen LogP contribution < -0.4 is 0 Å². The monoisotopic (exact) mass is 573 g/mol. The Balaban J connectivity index is -0.000000269. The second kappa shape index (κ2) is 17.6. The van der Waals surface area contributed by atoms with E-state index in [0.29, 0.717) is 25.9 Å². The molecule has 37 heavy (non-hydrogen) atoms. The molecule has 2 rings (SSSR count). The van der Waals surface area contributed by atoms with E-state index in [1.54, 1.807) is 41.5 Å². The fourth-order valence-electron chi connectivity index (χ4n) is 3.42. The molecule has 2 aliphatic rings. The summed E-state index contributed by atoms with van der Waals surface area (Å²) >= 11 is 0. The van der Waals surface area contributed by atoms with E-state index in [1.165, 1.54) is 24.0 Å². The zero-order chi connectivity index (χ0) is 25.6. The molecule has 0 aromatic rings. The first-order chi connectivity index (χ1) is 15.1. The molecule has 0 bridgehead atoms. The van der Waals surface area contributed by atoms with Gasteiger partial charge in [0, 0.05) is 20.1 Å². The van der Waals surface area contributed by atoms with Crippen LogP contribution in [0.2, 0.25) is 0 Å². The quantitative estimate of drug-likeness (QED) is 0.493. The zero-order valence-electron chi connectivity index (χ0n) is 22.0. The molecule has 2 aliphatic heterocycles. The molecule has 13 heteroatoms. The smallest absolute Gasteiger partial charge is 0.411 e. The van der Waals surface area contributed by atoms with Crippen molar-refractivity contribution in [1.82, 2.24) is 14.9 Å². The lowest BCUT2D eigenvalue weighted by molar-refractivity contribution is -0.173. The van der Waals surface area contributed by atoms with E-state index < -0.39 is 41.4 Å². The number of amides is 3. The molecule has 2 heterocycles. The van der Waals surface area contributed by atoms with Crippen LogP contribution in [0.25, 0.3) is 0 Å². The van der Waals surface area contributed by atoms with Crippen LogP contribution in [0.3, 0.4) is 0 Å². The van der Waals surface area contributed by atoms with Crippen molar-refractivity contribution in [1.29, 1.82) is 0 Å². The van der Waals surface area contributed by atoms with Crippen molar-refractivity contribution in [3.8, 4) is 0 Å². The zero-order valence-corrected chi connectivity index (χ0v) is 24.0. The average molecular weight is 574 g/mol. The molecule has 222 valence electrons. The van der Waals surface area contributed by atoms with Gasteiger partial charge in [-0.05, 0) is 67.2 Å². The van der Waals surface area contributed by atoms with Crippen molar-refractivity contribution in [3.63, 3.8) is 0 Å². The highest BCUT2D eigenvalue weighted by Gasteiger charge is 2.38. The van der Waals surface area contributed by atoms with Crippen molar-refractivity contribution in [2.24, 2.45) is 0 Å². The molecule has 0 aliphatic carbocycles. The maximum absolute atomic E-state index is 12.0. The number of carbonyl (C=O) groups is 4. The molecule has 1 N–H and O–H groups in total. The van der Waals surface area contributed by atoms with Gasteiger partial charge >= 0.3 is 18.2 Å². The summed E-state index contributed by atoms with van der Waals surface area (Å²) in [5, 5.41) is 10.0. The van der Waals surface area contributed by atoms with Crippen LogP contribution in [0.15, 0.2) is 0 Å². The van der Waals surface area contributed by atoms with Crippen LogP contribution in [0.4, 0.5) is 9.59 Å². The van der Waals surface area contributed by atoms with E-state index in [2.05, 4.69) is 0 Å². The molecule has 2 saturated heterocycles. The van der Waals surface area contributed by atoms with Gasteiger partial charge in [0.2, 0.25) is 0 Å². The van der Waals surface area contributed by atoms with Crippen LogP contribution in [0.1, 0.15) is 82.1 Å². The first-order valence-corrected chi connectivity index (χ1v) is 11.1. The standard InChI is InChI=1S/C12H22N2O4.C10H17NO4.2CH4.2H2S/c1-12(2,3)18-11(16)14-8-6-7-9(14)10(15)13(4)17-5;1-10(2,3)15-9(14)11-6-4-5-7(11)8(12)13;;;;/h9H,6-8H2,1-5H3;7H,4-6H2,1-3H3,(H,12,13);2*1H4;2*1H2/t9-;7-;;;;/m00..../s1. The molecule has 3 amide bonds. The molecular weight excluding hydrogens is 522 g/mol. The molecule has 2 atom stereocenters. The van der Waals surface area contributed by atoms with Gasteiger partial charge in [-0.1, -0.05) is 14.9 Å². The number of carbonyl (C=O) groups excluding carboxylic acids is 3. The third-order valence-corrected chi connectivity index (χ3v) is 4.92. The Hall–Kier alpha value is -1.86. The number of hydrogen-bond donors (Lipinski definition) is 1. The highest BCUT2D eigenvalue weighted by Crippen LogP contribution is 2.22. The average Bonchev–Trinajstić information content (AvgIpc) is 3.34. The van der Waals surface area contributed by atoms with Crippen molar-refractivity contribution >= 4 is 51.1 Å². The lowest BCUT2D eigenvalue weighted by Crippen LogP contribution is -2.47. The fourth-order valence-corrected chi connectivity index (χ4v) is 3.42. The lowest BCUT2D eigenvalue weighted by Gasteiger charge is -2.29. The molecular formula is C24H51N3O8S2. The van der Waals surface area contributed by atoms with Crippen LogP contribution in [0.5, 0.6) is 0 Å². The van der Waals surface area contributed by atoms with E-state index in [1.807, 2.05) is 0 Å². The Bertz CT molecular complexity index is 726. The number of ether oxygens (including phenoxy) is 2. The van der Waals surface area contributed by atoms with Gasteiger partial charge in [0.05, 0.1) is 7.11 Å². The summed E-state index contributed by atoms with van der Waals surface area (Å²) in [5.41, 5.74) is -1.14. The summed E-state index contributed by atoms with van der Waals surface area (Å²) < 4.78 is 10.4. The Morgan fingerprint density at radius 1 is 0.784 bits per heavy atom. The number of likely N-dealkylation sites (N-methyl/N-ethyl adjacent to an activating group) is 1. The molecule has 0 unspecified atom stereocenters. The molecule has 0 aromatic carbocycles. The van der Waals surface area contributed by atoms with Crippen molar-refractivity contribution in [2.45, 2.75) is 105 Å². The summed E-state index contributed by atoms with van der Waals surface area (Å²) in [6.07, 6.45) is 1.69. The van der Waals surface area contributed by atoms with Crippen LogP contribution >= 0.6 is 27.0 Å². The van der Waals surface area contributed by atoms with Gasteiger partial charge in [-0.25, -0.2) is 19.4 Å². The maximum atomic E-state index is 12.0. The van der Waals surface area contributed by atoms with Crippen molar-refractivity contribution < 1.29 is 38.6 Å². The summed E-state index contributed by atoms with van der Waals surface area (Å²) in [7, 11) is 2.96. The van der Waals surface area contributed by atoms with Gasteiger partial charge < -0.3 is 14.6 Å². The first-order valence-electron chi connectivity index (χ1n) is 11.1. The maximum Gasteiger partial charge on any atom is 0.411 e. The number of carboxylic acid groups (broad SMARTS) is 1. The Morgan fingerprint density at radius 2 is 1.14 bits per heavy atom. The van der Waals surface area contributed by atoms with E-state index in [9.17, 15) is 19.2 Å². The van der Waals surface area contributed by atoms with Crippen LogP contribution in [0, 0.1) is 0 Å². The van der Waals surface area contributed by atoms with Crippen molar-refractivity contribution in [2.75, 3.05) is 27.2 Å². The summed E-state index contributed by atoms with van der Waals surface area (Å²) in [5.74, 6) is -1.18. The van der Waals surface area contributed by atoms with Crippen molar-refractivity contribution in [3.05, 3.63) is 0 Å². The molecule has 11 nitrogen and oxygen atoms in total. The Labute approximate surface area is 237 Å². The number of carboxylic acids is 1. The number of hydrogen-bond acceptors (Lipinski definition) is 7. The number of rotatable bonds is 3. The third kappa shape index (κ3) is 14.0. The fraction of sp³-hybridized carbons (Fsp3) is 0.833. The summed E-state index contributed by atoms with van der Waals surface area (Å²) in [4.78, 5) is 54.1. The largest absolute Gasteiger partial charge is 0.480 e. The minimum absolute atomic E-state index is 0.